The molecule has 0 amide bonds. The lowest BCUT2D eigenvalue weighted by Gasteiger charge is -2.48. The van der Waals surface area contributed by atoms with Crippen molar-refractivity contribution in [1.29, 1.82) is 0 Å². The summed E-state index contributed by atoms with van der Waals surface area (Å²) in [6.45, 7) is 24.2. The van der Waals surface area contributed by atoms with E-state index in [-0.39, 0.29) is 34.2 Å². The van der Waals surface area contributed by atoms with Crippen LogP contribution < -0.4 is 0 Å². The van der Waals surface area contributed by atoms with Crippen molar-refractivity contribution in [3.8, 4) is 0 Å². The van der Waals surface area contributed by atoms with Crippen LogP contribution in [0.15, 0.2) is 36.1 Å². The molecule has 31 heavy (non-hydrogen) atoms. The summed E-state index contributed by atoms with van der Waals surface area (Å²) >= 11 is 0. The molecule has 3 atom stereocenters. The van der Waals surface area contributed by atoms with E-state index in [1.165, 1.54) is 24.3 Å². The summed E-state index contributed by atoms with van der Waals surface area (Å²) in [7, 11) is -4.23. The fourth-order valence-electron chi connectivity index (χ4n) is 3.04. The van der Waals surface area contributed by atoms with Crippen molar-refractivity contribution in [2.24, 2.45) is 0 Å². The molecule has 5 nitrogen and oxygen atoms in total. The van der Waals surface area contributed by atoms with Gasteiger partial charge < -0.3 is 18.7 Å². The Morgan fingerprint density at radius 1 is 0.935 bits per heavy atom. The normalized spacial score (nSPS) is 27.2. The molecule has 0 fully saturated rings. The van der Waals surface area contributed by atoms with Gasteiger partial charge in [0.15, 0.2) is 28.0 Å². The summed E-state index contributed by atoms with van der Waals surface area (Å²) in [5.41, 5.74) is -1.46. The molecule has 0 bridgehead atoms. The van der Waals surface area contributed by atoms with Crippen LogP contribution in [-0.2, 0) is 18.4 Å². The summed E-state index contributed by atoms with van der Waals surface area (Å²) in [5.74, 6) is 0.237. The van der Waals surface area contributed by atoms with Crippen LogP contribution in [0.5, 0.6) is 0 Å². The SMILES string of the molecule is C[C@@H]1OC(C2(O)C=CC(=O)C=C2)=C[C@H](O[Si](C)(C)C(C)(C)C)[C@H]1O[Si](C)(C)C(C)(C)C. The maximum Gasteiger partial charge on any atom is 0.193 e. The van der Waals surface area contributed by atoms with Crippen molar-refractivity contribution in [2.75, 3.05) is 0 Å². The highest BCUT2D eigenvalue weighted by Crippen LogP contribution is 2.43. The zero-order valence-corrected chi connectivity index (χ0v) is 23.2. The number of aliphatic hydroxyl groups is 1. The number of ketones is 1. The smallest absolute Gasteiger partial charge is 0.193 e. The van der Waals surface area contributed by atoms with E-state index < -0.39 is 22.2 Å². The Bertz CT molecular complexity index is 765. The molecule has 0 saturated carbocycles. The number of allylic oxidation sites excluding steroid dienone is 2. The number of carbonyl (C=O) groups excluding carboxylic acids is 1. The summed E-state index contributed by atoms with van der Waals surface area (Å²) in [4.78, 5) is 11.6. The highest BCUT2D eigenvalue weighted by atomic mass is 28.4. The Kier molecular flexibility index (Phi) is 7.12. The summed E-state index contributed by atoms with van der Waals surface area (Å²) in [6.07, 6.45) is 6.62. The fourth-order valence-corrected chi connectivity index (χ4v) is 5.63. The van der Waals surface area contributed by atoms with Crippen LogP contribution in [0, 0.1) is 0 Å². The molecule has 1 heterocycles. The van der Waals surface area contributed by atoms with E-state index in [2.05, 4.69) is 67.7 Å². The minimum absolute atomic E-state index is 0.0258. The van der Waals surface area contributed by atoms with Gasteiger partial charge in [-0.3, -0.25) is 4.79 Å². The molecule has 0 radical (unpaired) electrons. The third-order valence-electron chi connectivity index (χ3n) is 7.29. The quantitative estimate of drug-likeness (QED) is 0.542. The molecule has 7 heteroatoms. The Hall–Kier alpha value is -0.996. The number of carbonyl (C=O) groups is 1. The van der Waals surface area contributed by atoms with Crippen molar-refractivity contribution in [2.45, 2.75) is 109 Å². The molecule has 0 saturated heterocycles. The second kappa shape index (κ2) is 8.41. The predicted molar refractivity (Wildman–Crippen MR) is 131 cm³/mol. The fraction of sp³-hybridized carbons (Fsp3) is 0.708. The number of ether oxygens (including phenoxy) is 1. The minimum Gasteiger partial charge on any atom is -0.489 e. The van der Waals surface area contributed by atoms with E-state index in [0.29, 0.717) is 5.76 Å². The number of hydrogen-bond donors (Lipinski definition) is 1. The lowest BCUT2D eigenvalue weighted by atomic mass is 9.91. The van der Waals surface area contributed by atoms with Gasteiger partial charge in [0.2, 0.25) is 0 Å². The molecule has 0 aromatic rings. The number of hydrogen-bond acceptors (Lipinski definition) is 5. The first-order valence-corrected chi connectivity index (χ1v) is 17.0. The molecule has 0 aromatic heterocycles. The average molecular weight is 467 g/mol. The molecule has 176 valence electrons. The van der Waals surface area contributed by atoms with E-state index in [0.717, 1.165) is 0 Å². The first-order valence-electron chi connectivity index (χ1n) is 11.2. The lowest BCUT2D eigenvalue weighted by molar-refractivity contribution is -0.110. The molecule has 1 aliphatic carbocycles. The van der Waals surface area contributed by atoms with Gasteiger partial charge in [-0.05, 0) is 73.6 Å². The highest BCUT2D eigenvalue weighted by Gasteiger charge is 2.49. The van der Waals surface area contributed by atoms with Crippen LogP contribution >= 0.6 is 0 Å². The van der Waals surface area contributed by atoms with Crippen molar-refractivity contribution in [3.63, 3.8) is 0 Å². The van der Waals surface area contributed by atoms with Gasteiger partial charge in [-0.15, -0.1) is 0 Å². The maximum atomic E-state index is 11.6. The van der Waals surface area contributed by atoms with Crippen molar-refractivity contribution >= 4 is 22.4 Å². The van der Waals surface area contributed by atoms with Gasteiger partial charge in [0.1, 0.15) is 18.0 Å². The average Bonchev–Trinajstić information content (AvgIpc) is 2.58. The molecule has 1 N–H and O–H groups in total. The molecular formula is C24H42O5Si2. The van der Waals surface area contributed by atoms with E-state index >= 15 is 0 Å². The molecule has 0 aromatic carbocycles. The van der Waals surface area contributed by atoms with Gasteiger partial charge in [-0.2, -0.15) is 0 Å². The highest BCUT2D eigenvalue weighted by molar-refractivity contribution is 6.74. The van der Waals surface area contributed by atoms with Crippen LogP contribution in [0.1, 0.15) is 48.5 Å². The molecule has 2 aliphatic rings. The van der Waals surface area contributed by atoms with Gasteiger partial charge in [-0.25, -0.2) is 0 Å². The second-order valence-corrected chi connectivity index (χ2v) is 21.4. The van der Waals surface area contributed by atoms with E-state index in [9.17, 15) is 9.90 Å². The summed E-state index contributed by atoms with van der Waals surface area (Å²) in [6, 6.07) is 0. The zero-order chi connectivity index (χ0) is 24.0. The number of rotatable bonds is 5. The summed E-state index contributed by atoms with van der Waals surface area (Å²) < 4.78 is 19.8. The Balaban J connectivity index is 2.49. The van der Waals surface area contributed by atoms with Crippen molar-refractivity contribution in [3.05, 3.63) is 36.1 Å². The van der Waals surface area contributed by atoms with Crippen LogP contribution in [0.25, 0.3) is 0 Å². The molecular weight excluding hydrogens is 424 g/mol. The standard InChI is InChI=1S/C24H42O5Si2/c1-17-21(29-31(10,11)23(5,6)7)19(28-30(8,9)22(2,3)4)16-20(27-17)24(26)14-12-18(25)13-15-24/h12-17,19,21,26H,1-11H3/t17-,19-,21-/m0/s1. The molecule has 0 unspecified atom stereocenters. The first kappa shape index (κ1) is 26.3. The van der Waals surface area contributed by atoms with E-state index in [1.54, 1.807) is 0 Å². The van der Waals surface area contributed by atoms with Crippen LogP contribution in [0.3, 0.4) is 0 Å². The molecule has 1 aliphatic heterocycles. The largest absolute Gasteiger partial charge is 0.489 e. The van der Waals surface area contributed by atoms with Gasteiger partial charge in [0, 0.05) is 0 Å². The Labute approximate surface area is 190 Å². The Morgan fingerprint density at radius 2 is 1.39 bits per heavy atom. The predicted octanol–water partition coefficient (Wildman–Crippen LogP) is 5.50. The van der Waals surface area contributed by atoms with E-state index in [4.69, 9.17) is 13.6 Å². The molecule has 0 spiro atoms. The lowest BCUT2D eigenvalue weighted by Crippen LogP contribution is -2.57. The van der Waals surface area contributed by atoms with Crippen molar-refractivity contribution in [1.82, 2.24) is 0 Å². The van der Waals surface area contributed by atoms with Gasteiger partial charge >= 0.3 is 0 Å². The van der Waals surface area contributed by atoms with Gasteiger partial charge in [-0.1, -0.05) is 41.5 Å². The monoisotopic (exact) mass is 466 g/mol. The van der Waals surface area contributed by atoms with Crippen LogP contribution in [0.2, 0.25) is 36.3 Å². The zero-order valence-electron chi connectivity index (χ0n) is 21.2. The van der Waals surface area contributed by atoms with Crippen molar-refractivity contribution < 1.29 is 23.5 Å². The van der Waals surface area contributed by atoms with Gasteiger partial charge in [0.05, 0.1) is 6.10 Å². The molecule has 2 rings (SSSR count). The van der Waals surface area contributed by atoms with Crippen LogP contribution in [-0.4, -0.2) is 51.4 Å². The van der Waals surface area contributed by atoms with E-state index in [1.807, 2.05) is 13.0 Å². The minimum atomic E-state index is -2.14. The maximum absolute atomic E-state index is 11.6. The summed E-state index contributed by atoms with van der Waals surface area (Å²) in [5, 5.41) is 11.2. The Morgan fingerprint density at radius 3 is 1.84 bits per heavy atom. The second-order valence-electron chi connectivity index (χ2n) is 11.9. The van der Waals surface area contributed by atoms with Gasteiger partial charge in [0.25, 0.3) is 0 Å². The first-order chi connectivity index (χ1) is 13.8. The topological polar surface area (TPSA) is 65.0 Å². The third kappa shape index (κ3) is 5.68. The third-order valence-corrected chi connectivity index (χ3v) is 16.2. The van der Waals surface area contributed by atoms with Crippen LogP contribution in [0.4, 0.5) is 0 Å².